The van der Waals surface area contributed by atoms with Gasteiger partial charge in [-0.1, -0.05) is 12.1 Å². The SMILES string of the molecule is O=C(NC1CCS(=O)(=O)CC1)C1CC1c1ccc(C(F)(F)F)cc1. The second-order valence-electron chi connectivity index (χ2n) is 6.50. The molecule has 1 saturated heterocycles. The largest absolute Gasteiger partial charge is 0.416 e. The molecule has 1 heterocycles. The van der Waals surface area contributed by atoms with Gasteiger partial charge >= 0.3 is 6.18 Å². The van der Waals surface area contributed by atoms with E-state index < -0.39 is 21.6 Å². The smallest absolute Gasteiger partial charge is 0.353 e. The summed E-state index contributed by atoms with van der Waals surface area (Å²) in [6.07, 6.45) is -2.90. The molecule has 4 nitrogen and oxygen atoms in total. The number of amides is 1. The normalized spacial score (nSPS) is 26.8. The highest BCUT2D eigenvalue weighted by molar-refractivity contribution is 7.91. The molecule has 1 aliphatic heterocycles. The maximum absolute atomic E-state index is 12.5. The molecule has 0 bridgehead atoms. The molecule has 1 aromatic carbocycles. The first-order chi connectivity index (χ1) is 11.2. The number of hydrogen-bond donors (Lipinski definition) is 1. The molecule has 0 spiro atoms. The van der Waals surface area contributed by atoms with Gasteiger partial charge in [0, 0.05) is 12.0 Å². The van der Waals surface area contributed by atoms with Crippen molar-refractivity contribution in [3.05, 3.63) is 35.4 Å². The highest BCUT2D eigenvalue weighted by atomic mass is 32.2. The Morgan fingerprint density at radius 2 is 1.67 bits per heavy atom. The Morgan fingerprint density at radius 1 is 1.08 bits per heavy atom. The molecule has 1 aliphatic carbocycles. The van der Waals surface area contributed by atoms with Crippen LogP contribution in [0.25, 0.3) is 0 Å². The summed E-state index contributed by atoms with van der Waals surface area (Å²) in [5.41, 5.74) is 0.0330. The molecule has 2 fully saturated rings. The van der Waals surface area contributed by atoms with E-state index in [1.807, 2.05) is 0 Å². The average Bonchev–Trinajstić information content (AvgIpc) is 3.29. The van der Waals surface area contributed by atoms with E-state index in [1.165, 1.54) is 12.1 Å². The third-order valence-corrected chi connectivity index (χ3v) is 6.41. The molecule has 24 heavy (non-hydrogen) atoms. The fourth-order valence-corrected chi connectivity index (χ4v) is 4.61. The Bertz CT molecular complexity index is 714. The van der Waals surface area contributed by atoms with Crippen LogP contribution in [0, 0.1) is 5.92 Å². The second kappa shape index (κ2) is 6.06. The first-order valence-electron chi connectivity index (χ1n) is 7.84. The minimum Gasteiger partial charge on any atom is -0.353 e. The van der Waals surface area contributed by atoms with Crippen LogP contribution in [0.4, 0.5) is 13.2 Å². The molecule has 1 amide bonds. The molecule has 1 N–H and O–H groups in total. The van der Waals surface area contributed by atoms with Crippen LogP contribution in [0.5, 0.6) is 0 Å². The van der Waals surface area contributed by atoms with E-state index in [4.69, 9.17) is 0 Å². The van der Waals surface area contributed by atoms with Crippen molar-refractivity contribution in [3.63, 3.8) is 0 Å². The summed E-state index contributed by atoms with van der Waals surface area (Å²) >= 11 is 0. The lowest BCUT2D eigenvalue weighted by molar-refractivity contribution is -0.137. The average molecular weight is 361 g/mol. The predicted octanol–water partition coefficient (Wildman–Crippen LogP) is 2.50. The molecule has 1 aromatic rings. The highest BCUT2D eigenvalue weighted by Gasteiger charge is 2.45. The Hall–Kier alpha value is -1.57. The van der Waals surface area contributed by atoms with E-state index in [2.05, 4.69) is 5.32 Å². The van der Waals surface area contributed by atoms with Crippen LogP contribution in [0.1, 0.15) is 36.3 Å². The van der Waals surface area contributed by atoms with Crippen LogP contribution in [0.15, 0.2) is 24.3 Å². The molecule has 8 heteroatoms. The monoisotopic (exact) mass is 361 g/mol. The lowest BCUT2D eigenvalue weighted by atomic mass is 10.1. The first kappa shape index (κ1) is 17.3. The molecule has 2 atom stereocenters. The Labute approximate surface area is 138 Å². The van der Waals surface area contributed by atoms with Gasteiger partial charge in [0.25, 0.3) is 0 Å². The zero-order valence-corrected chi connectivity index (χ0v) is 13.7. The van der Waals surface area contributed by atoms with Gasteiger partial charge in [-0.3, -0.25) is 4.79 Å². The molecule has 3 rings (SSSR count). The van der Waals surface area contributed by atoms with Crippen LogP contribution in [0.3, 0.4) is 0 Å². The maximum Gasteiger partial charge on any atom is 0.416 e. The van der Waals surface area contributed by atoms with Crippen molar-refractivity contribution in [1.29, 1.82) is 0 Å². The van der Waals surface area contributed by atoms with Gasteiger partial charge in [-0.15, -0.1) is 0 Å². The first-order valence-corrected chi connectivity index (χ1v) is 9.66. The fraction of sp³-hybridized carbons (Fsp3) is 0.562. The van der Waals surface area contributed by atoms with Gasteiger partial charge in [-0.25, -0.2) is 8.42 Å². The summed E-state index contributed by atoms with van der Waals surface area (Å²) in [4.78, 5) is 12.2. The molecule has 2 aliphatic rings. The van der Waals surface area contributed by atoms with E-state index in [-0.39, 0.29) is 35.3 Å². The number of benzene rings is 1. The van der Waals surface area contributed by atoms with Crippen LogP contribution in [0.2, 0.25) is 0 Å². The van der Waals surface area contributed by atoms with E-state index in [9.17, 15) is 26.4 Å². The minimum atomic E-state index is -4.36. The third kappa shape index (κ3) is 3.91. The topological polar surface area (TPSA) is 63.2 Å². The number of halogens is 3. The number of carbonyl (C=O) groups excluding carboxylic acids is 1. The Balaban J connectivity index is 1.54. The van der Waals surface area contributed by atoms with Crippen LogP contribution in [-0.2, 0) is 20.8 Å². The quantitative estimate of drug-likeness (QED) is 0.900. The van der Waals surface area contributed by atoms with Crippen LogP contribution in [-0.4, -0.2) is 31.9 Å². The van der Waals surface area contributed by atoms with Crippen molar-refractivity contribution in [2.45, 2.75) is 37.4 Å². The molecule has 132 valence electrons. The molecule has 1 saturated carbocycles. The third-order valence-electron chi connectivity index (χ3n) is 4.69. The van der Waals surface area contributed by atoms with Gasteiger partial charge in [0.2, 0.25) is 5.91 Å². The summed E-state index contributed by atoms with van der Waals surface area (Å²) in [7, 11) is -2.97. The molecular formula is C16H18F3NO3S. The van der Waals surface area contributed by atoms with Crippen molar-refractivity contribution < 1.29 is 26.4 Å². The van der Waals surface area contributed by atoms with E-state index in [0.29, 0.717) is 19.3 Å². The van der Waals surface area contributed by atoms with E-state index >= 15 is 0 Å². The molecule has 0 aromatic heterocycles. The van der Waals surface area contributed by atoms with Gasteiger partial charge in [0.1, 0.15) is 9.84 Å². The fourth-order valence-electron chi connectivity index (χ4n) is 3.12. The van der Waals surface area contributed by atoms with Gasteiger partial charge in [0.15, 0.2) is 0 Å². The summed E-state index contributed by atoms with van der Waals surface area (Å²) in [5.74, 6) is -0.250. The van der Waals surface area contributed by atoms with E-state index in [0.717, 1.165) is 17.7 Å². The number of nitrogens with one attached hydrogen (secondary N) is 1. The van der Waals surface area contributed by atoms with Crippen molar-refractivity contribution in [2.24, 2.45) is 5.92 Å². The van der Waals surface area contributed by atoms with Crippen LogP contribution < -0.4 is 5.32 Å². The van der Waals surface area contributed by atoms with Gasteiger partial charge in [-0.2, -0.15) is 13.2 Å². The summed E-state index contributed by atoms with van der Waals surface area (Å²) in [6.45, 7) is 0. The lowest BCUT2D eigenvalue weighted by Crippen LogP contribution is -2.41. The van der Waals surface area contributed by atoms with Crippen molar-refractivity contribution in [1.82, 2.24) is 5.32 Å². The zero-order valence-electron chi connectivity index (χ0n) is 12.8. The van der Waals surface area contributed by atoms with Gasteiger partial charge in [0.05, 0.1) is 17.1 Å². The predicted molar refractivity (Wildman–Crippen MR) is 82.1 cm³/mol. The standard InChI is InChI=1S/C16H18F3NO3S/c17-16(18,19)11-3-1-10(2-4-11)13-9-14(13)15(21)20-12-5-7-24(22,23)8-6-12/h1-4,12-14H,5-9H2,(H,20,21). The number of sulfone groups is 1. The molecule has 2 unspecified atom stereocenters. The highest BCUT2D eigenvalue weighted by Crippen LogP contribution is 2.48. The lowest BCUT2D eigenvalue weighted by Gasteiger charge is -2.23. The number of hydrogen-bond acceptors (Lipinski definition) is 3. The van der Waals surface area contributed by atoms with Crippen LogP contribution >= 0.6 is 0 Å². The Kier molecular flexibility index (Phi) is 4.36. The molecular weight excluding hydrogens is 343 g/mol. The Morgan fingerprint density at radius 3 is 2.21 bits per heavy atom. The number of alkyl halides is 3. The van der Waals surface area contributed by atoms with Crippen molar-refractivity contribution in [3.8, 4) is 0 Å². The summed E-state index contributed by atoms with van der Waals surface area (Å²) in [6, 6.07) is 4.79. The van der Waals surface area contributed by atoms with Crippen molar-refractivity contribution >= 4 is 15.7 Å². The van der Waals surface area contributed by atoms with Gasteiger partial charge in [-0.05, 0) is 42.9 Å². The summed E-state index contributed by atoms with van der Waals surface area (Å²) < 4.78 is 60.4. The minimum absolute atomic E-state index is 0.0559. The molecule has 0 radical (unpaired) electrons. The maximum atomic E-state index is 12.5. The van der Waals surface area contributed by atoms with E-state index in [1.54, 1.807) is 0 Å². The number of rotatable bonds is 3. The summed E-state index contributed by atoms with van der Waals surface area (Å²) in [5, 5.41) is 2.87. The van der Waals surface area contributed by atoms with Crippen molar-refractivity contribution in [2.75, 3.05) is 11.5 Å². The second-order valence-corrected chi connectivity index (χ2v) is 8.81. The van der Waals surface area contributed by atoms with Gasteiger partial charge < -0.3 is 5.32 Å². The zero-order chi connectivity index (χ0) is 17.5. The number of carbonyl (C=O) groups is 1.